The van der Waals surface area contributed by atoms with Crippen LogP contribution >= 0.6 is 0 Å². The summed E-state index contributed by atoms with van der Waals surface area (Å²) >= 11 is 0. The second kappa shape index (κ2) is 10.6. The maximum absolute atomic E-state index is 12.2. The molecule has 0 aliphatic heterocycles. The van der Waals surface area contributed by atoms with E-state index < -0.39 is 0 Å². The van der Waals surface area contributed by atoms with Crippen molar-refractivity contribution < 1.29 is 23.5 Å². The van der Waals surface area contributed by atoms with Gasteiger partial charge in [0.25, 0.3) is 17.7 Å². The number of furan rings is 1. The molecule has 2 aromatic carbocycles. The highest BCUT2D eigenvalue weighted by Gasteiger charge is 2.09. The molecule has 8 heteroatoms. The van der Waals surface area contributed by atoms with E-state index in [9.17, 15) is 14.4 Å². The number of rotatable bonds is 9. The summed E-state index contributed by atoms with van der Waals surface area (Å²) < 4.78 is 10.5. The van der Waals surface area contributed by atoms with Gasteiger partial charge in [0.15, 0.2) is 12.4 Å². The van der Waals surface area contributed by atoms with Crippen molar-refractivity contribution in [1.82, 2.24) is 10.6 Å². The van der Waals surface area contributed by atoms with E-state index >= 15 is 0 Å². The van der Waals surface area contributed by atoms with Crippen molar-refractivity contribution in [2.75, 3.05) is 25.0 Å². The van der Waals surface area contributed by atoms with Gasteiger partial charge in [0.2, 0.25) is 0 Å². The first-order valence-electron chi connectivity index (χ1n) is 9.71. The molecule has 3 amide bonds. The van der Waals surface area contributed by atoms with Gasteiger partial charge in [0.05, 0.1) is 6.26 Å². The molecular weight excluding hydrogens is 398 g/mol. The van der Waals surface area contributed by atoms with E-state index in [1.54, 1.807) is 42.5 Å². The Morgan fingerprint density at radius 1 is 0.871 bits per heavy atom. The molecule has 0 unspecified atom stereocenters. The van der Waals surface area contributed by atoms with Crippen LogP contribution in [-0.4, -0.2) is 37.4 Å². The van der Waals surface area contributed by atoms with Gasteiger partial charge in [-0.3, -0.25) is 14.4 Å². The van der Waals surface area contributed by atoms with Crippen molar-refractivity contribution in [1.29, 1.82) is 0 Å². The van der Waals surface area contributed by atoms with Gasteiger partial charge in [-0.05, 0) is 55.0 Å². The van der Waals surface area contributed by atoms with Gasteiger partial charge in [0.1, 0.15) is 5.75 Å². The topological polar surface area (TPSA) is 110 Å². The minimum Gasteiger partial charge on any atom is -0.483 e. The summed E-state index contributed by atoms with van der Waals surface area (Å²) in [7, 11) is 0. The summed E-state index contributed by atoms with van der Waals surface area (Å²) in [6, 6.07) is 17.1. The van der Waals surface area contributed by atoms with Crippen molar-refractivity contribution in [3.05, 3.63) is 83.8 Å². The lowest BCUT2D eigenvalue weighted by molar-refractivity contribution is -0.118. The van der Waals surface area contributed by atoms with Gasteiger partial charge in [-0.2, -0.15) is 0 Å². The molecule has 0 saturated carbocycles. The van der Waals surface area contributed by atoms with Crippen LogP contribution in [0.25, 0.3) is 0 Å². The minimum absolute atomic E-state index is 0.114. The number of carbonyl (C=O) groups is 3. The second-order valence-electron chi connectivity index (χ2n) is 6.67. The summed E-state index contributed by atoms with van der Waals surface area (Å²) in [5.74, 6) is -0.0511. The zero-order chi connectivity index (χ0) is 22.1. The van der Waals surface area contributed by atoms with Crippen molar-refractivity contribution in [2.45, 2.75) is 6.92 Å². The predicted molar refractivity (Wildman–Crippen MR) is 115 cm³/mol. The van der Waals surface area contributed by atoms with Crippen LogP contribution in [-0.2, 0) is 4.79 Å². The second-order valence-corrected chi connectivity index (χ2v) is 6.67. The summed E-state index contributed by atoms with van der Waals surface area (Å²) in [5, 5.41) is 8.08. The van der Waals surface area contributed by atoms with Gasteiger partial charge in [0, 0.05) is 24.3 Å². The number of hydrogen-bond acceptors (Lipinski definition) is 5. The number of nitrogens with one attached hydrogen (secondary N) is 3. The van der Waals surface area contributed by atoms with Crippen LogP contribution in [0.15, 0.2) is 71.3 Å². The van der Waals surface area contributed by atoms with Crippen LogP contribution in [0.5, 0.6) is 5.75 Å². The van der Waals surface area contributed by atoms with Crippen LogP contribution in [0.1, 0.15) is 26.5 Å². The fourth-order valence-corrected chi connectivity index (χ4v) is 2.71. The fraction of sp³-hybridized carbons (Fsp3) is 0.174. The van der Waals surface area contributed by atoms with Crippen molar-refractivity contribution in [3.63, 3.8) is 0 Å². The number of benzene rings is 2. The molecule has 160 valence electrons. The van der Waals surface area contributed by atoms with Gasteiger partial charge in [-0.15, -0.1) is 0 Å². The van der Waals surface area contributed by atoms with Crippen LogP contribution < -0.4 is 20.7 Å². The summed E-state index contributed by atoms with van der Waals surface area (Å²) in [4.78, 5) is 36.0. The molecule has 31 heavy (non-hydrogen) atoms. The smallest absolute Gasteiger partial charge is 0.287 e. The molecule has 0 aliphatic carbocycles. The first kappa shape index (κ1) is 21.6. The quantitative estimate of drug-likeness (QED) is 0.460. The maximum Gasteiger partial charge on any atom is 0.287 e. The molecule has 3 N–H and O–H groups in total. The number of amides is 3. The normalized spacial score (nSPS) is 10.2. The van der Waals surface area contributed by atoms with Crippen LogP contribution in [0.4, 0.5) is 5.69 Å². The van der Waals surface area contributed by atoms with Crippen molar-refractivity contribution >= 4 is 23.4 Å². The van der Waals surface area contributed by atoms with E-state index in [0.717, 1.165) is 5.56 Å². The Hall–Kier alpha value is -4.07. The molecule has 0 radical (unpaired) electrons. The third-order valence-electron chi connectivity index (χ3n) is 4.32. The first-order valence-corrected chi connectivity index (χ1v) is 9.71. The number of aryl methyl sites for hydroxylation is 1. The van der Waals surface area contributed by atoms with E-state index in [1.165, 1.54) is 6.26 Å². The fourth-order valence-electron chi connectivity index (χ4n) is 2.71. The number of hydrogen-bond donors (Lipinski definition) is 3. The zero-order valence-electron chi connectivity index (χ0n) is 17.0. The third kappa shape index (κ3) is 6.46. The van der Waals surface area contributed by atoms with Crippen molar-refractivity contribution in [2.24, 2.45) is 0 Å². The number of carbonyl (C=O) groups excluding carboxylic acids is 3. The molecule has 0 aliphatic rings. The van der Waals surface area contributed by atoms with E-state index in [2.05, 4.69) is 16.0 Å². The van der Waals surface area contributed by atoms with Gasteiger partial charge >= 0.3 is 0 Å². The van der Waals surface area contributed by atoms with E-state index in [1.807, 2.05) is 25.1 Å². The molecule has 0 bridgehead atoms. The number of anilines is 1. The molecular formula is C23H23N3O5. The lowest BCUT2D eigenvalue weighted by Gasteiger charge is -2.10. The average Bonchev–Trinajstić information content (AvgIpc) is 3.31. The molecule has 8 nitrogen and oxygen atoms in total. The van der Waals surface area contributed by atoms with E-state index in [-0.39, 0.29) is 43.2 Å². The standard InChI is InChI=1S/C23H23N3O5/c1-16-5-2-3-6-19(16)31-15-21(27)26-18-10-8-17(9-11-18)22(28)24-12-13-25-23(29)20-7-4-14-30-20/h2-11,14H,12-13,15H2,1H3,(H,24,28)(H,25,29)(H,26,27). The third-order valence-corrected chi connectivity index (χ3v) is 4.32. The van der Waals surface area contributed by atoms with Crippen LogP contribution in [0, 0.1) is 6.92 Å². The largest absolute Gasteiger partial charge is 0.483 e. The maximum atomic E-state index is 12.2. The van der Waals surface area contributed by atoms with E-state index in [4.69, 9.17) is 9.15 Å². The first-order chi connectivity index (χ1) is 15.0. The van der Waals surface area contributed by atoms with Crippen LogP contribution in [0.3, 0.4) is 0 Å². The van der Waals surface area contributed by atoms with E-state index in [0.29, 0.717) is 17.0 Å². The molecule has 0 atom stereocenters. The molecule has 0 spiro atoms. The Balaban J connectivity index is 1.39. The average molecular weight is 421 g/mol. The zero-order valence-corrected chi connectivity index (χ0v) is 17.0. The number of para-hydroxylation sites is 1. The Labute approximate surface area is 179 Å². The minimum atomic E-state index is -0.342. The number of ether oxygens (including phenoxy) is 1. The Morgan fingerprint density at radius 2 is 1.58 bits per heavy atom. The van der Waals surface area contributed by atoms with Crippen molar-refractivity contribution in [3.8, 4) is 5.75 Å². The monoisotopic (exact) mass is 421 g/mol. The molecule has 0 fully saturated rings. The Morgan fingerprint density at radius 3 is 2.26 bits per heavy atom. The molecule has 3 rings (SSSR count). The van der Waals surface area contributed by atoms with Gasteiger partial charge in [-0.1, -0.05) is 18.2 Å². The lowest BCUT2D eigenvalue weighted by Crippen LogP contribution is -2.34. The lowest BCUT2D eigenvalue weighted by atomic mass is 10.2. The molecule has 1 heterocycles. The Bertz CT molecular complexity index is 1030. The summed E-state index contributed by atoms with van der Waals surface area (Å²) in [5.41, 5.74) is 1.94. The summed E-state index contributed by atoms with van der Waals surface area (Å²) in [6.45, 7) is 2.32. The highest BCUT2D eigenvalue weighted by Crippen LogP contribution is 2.16. The highest BCUT2D eigenvalue weighted by atomic mass is 16.5. The highest BCUT2D eigenvalue weighted by molar-refractivity contribution is 5.96. The SMILES string of the molecule is Cc1ccccc1OCC(=O)Nc1ccc(C(=O)NCCNC(=O)c2ccco2)cc1. The van der Waals surface area contributed by atoms with Gasteiger partial charge < -0.3 is 25.1 Å². The Kier molecular flexibility index (Phi) is 7.42. The van der Waals surface area contributed by atoms with Gasteiger partial charge in [-0.25, -0.2) is 0 Å². The van der Waals surface area contributed by atoms with Crippen LogP contribution in [0.2, 0.25) is 0 Å². The molecule has 1 aromatic heterocycles. The predicted octanol–water partition coefficient (Wildman–Crippen LogP) is 2.77. The summed E-state index contributed by atoms with van der Waals surface area (Å²) in [6.07, 6.45) is 1.42. The molecule has 3 aromatic rings. The molecule has 0 saturated heterocycles.